The second kappa shape index (κ2) is 2.48. The molecule has 0 radical (unpaired) electrons. The van der Waals surface area contributed by atoms with Crippen LogP contribution >= 0.6 is 0 Å². The zero-order chi connectivity index (χ0) is 8.84. The molecule has 1 aliphatic carbocycles. The molecule has 0 spiro atoms. The van der Waals surface area contributed by atoms with Gasteiger partial charge in [0, 0.05) is 30.4 Å². The summed E-state index contributed by atoms with van der Waals surface area (Å²) in [6, 6.07) is 2.30. The van der Waals surface area contributed by atoms with E-state index in [-0.39, 0.29) is 0 Å². The second-order valence-corrected chi connectivity index (χ2v) is 4.11. The van der Waals surface area contributed by atoms with Crippen LogP contribution in [0.5, 0.6) is 0 Å². The number of rotatable bonds is 0. The molecule has 2 nitrogen and oxygen atoms in total. The first kappa shape index (κ1) is 7.39. The van der Waals surface area contributed by atoms with Gasteiger partial charge in [0.15, 0.2) is 0 Å². The minimum absolute atomic E-state index is 0.713. The molecule has 2 heterocycles. The maximum absolute atomic E-state index is 3.45. The van der Waals surface area contributed by atoms with Crippen LogP contribution < -0.4 is 5.32 Å². The molecule has 2 aliphatic rings. The summed E-state index contributed by atoms with van der Waals surface area (Å²) in [5, 5.41) is 3.45. The van der Waals surface area contributed by atoms with Crippen LogP contribution in [0.3, 0.4) is 0 Å². The normalized spacial score (nSPS) is 30.2. The third-order valence-corrected chi connectivity index (χ3v) is 3.19. The molecule has 2 N–H and O–H groups in total. The monoisotopic (exact) mass is 174 g/mol. The van der Waals surface area contributed by atoms with Gasteiger partial charge in [-0.25, -0.2) is 0 Å². The summed E-state index contributed by atoms with van der Waals surface area (Å²) in [5.41, 5.74) is 4.11. The van der Waals surface area contributed by atoms with Crippen molar-refractivity contribution in [3.8, 4) is 0 Å². The molecule has 1 aromatic heterocycles. The van der Waals surface area contributed by atoms with E-state index in [4.69, 9.17) is 0 Å². The van der Waals surface area contributed by atoms with E-state index in [1.165, 1.54) is 17.0 Å². The summed E-state index contributed by atoms with van der Waals surface area (Å²) < 4.78 is 0. The third-order valence-electron chi connectivity index (χ3n) is 3.19. The van der Waals surface area contributed by atoms with Crippen molar-refractivity contribution in [1.29, 1.82) is 0 Å². The zero-order valence-electron chi connectivity index (χ0n) is 7.80. The first-order valence-electron chi connectivity index (χ1n) is 4.93. The standard InChI is InChI=1S/C11H14N2/c1-7-4-9-10-6-12-5-8(10)2-3-11(9)13-7/h2-4,8,10,12-13H,5-6H2,1H3. The minimum Gasteiger partial charge on any atom is -0.359 e. The molecule has 2 heteroatoms. The van der Waals surface area contributed by atoms with Gasteiger partial charge in [-0.2, -0.15) is 0 Å². The van der Waals surface area contributed by atoms with E-state index in [0.29, 0.717) is 5.92 Å². The lowest BCUT2D eigenvalue weighted by Gasteiger charge is -2.19. The molecular weight excluding hydrogens is 160 g/mol. The van der Waals surface area contributed by atoms with Crippen molar-refractivity contribution >= 4 is 6.08 Å². The fraction of sp³-hybridized carbons (Fsp3) is 0.455. The predicted molar refractivity (Wildman–Crippen MR) is 53.7 cm³/mol. The van der Waals surface area contributed by atoms with Crippen molar-refractivity contribution in [1.82, 2.24) is 10.3 Å². The number of aromatic amines is 1. The average Bonchev–Trinajstić information content (AvgIpc) is 2.65. The van der Waals surface area contributed by atoms with E-state index in [0.717, 1.165) is 19.0 Å². The van der Waals surface area contributed by atoms with E-state index in [1.54, 1.807) is 0 Å². The molecule has 1 aromatic rings. The van der Waals surface area contributed by atoms with Crippen LogP contribution in [-0.2, 0) is 0 Å². The van der Waals surface area contributed by atoms with Crippen LogP contribution in [0.2, 0.25) is 0 Å². The van der Waals surface area contributed by atoms with Crippen molar-refractivity contribution in [2.24, 2.45) is 5.92 Å². The predicted octanol–water partition coefficient (Wildman–Crippen LogP) is 1.65. The Balaban J connectivity index is 2.12. The molecule has 1 saturated heterocycles. The van der Waals surface area contributed by atoms with Gasteiger partial charge in [-0.05, 0) is 30.5 Å². The van der Waals surface area contributed by atoms with Gasteiger partial charge in [0.05, 0.1) is 0 Å². The van der Waals surface area contributed by atoms with E-state index in [9.17, 15) is 0 Å². The van der Waals surface area contributed by atoms with E-state index < -0.39 is 0 Å². The average molecular weight is 174 g/mol. The molecule has 3 rings (SSSR count). The Kier molecular flexibility index (Phi) is 1.41. The summed E-state index contributed by atoms with van der Waals surface area (Å²) >= 11 is 0. The number of hydrogen-bond donors (Lipinski definition) is 2. The number of hydrogen-bond acceptors (Lipinski definition) is 1. The molecule has 68 valence electrons. The first-order valence-corrected chi connectivity index (χ1v) is 4.93. The molecule has 0 saturated carbocycles. The SMILES string of the molecule is Cc1cc2c([nH]1)C=CC1CNCC21. The van der Waals surface area contributed by atoms with Gasteiger partial charge >= 0.3 is 0 Å². The van der Waals surface area contributed by atoms with Crippen LogP contribution in [-0.4, -0.2) is 18.1 Å². The maximum atomic E-state index is 3.45. The summed E-state index contributed by atoms with van der Waals surface area (Å²) in [4.78, 5) is 3.39. The topological polar surface area (TPSA) is 27.8 Å². The van der Waals surface area contributed by atoms with Gasteiger partial charge in [0.25, 0.3) is 0 Å². The van der Waals surface area contributed by atoms with E-state index >= 15 is 0 Å². The highest BCUT2D eigenvalue weighted by Gasteiger charge is 2.31. The van der Waals surface area contributed by atoms with Crippen molar-refractivity contribution in [3.63, 3.8) is 0 Å². The van der Waals surface area contributed by atoms with Crippen molar-refractivity contribution in [2.75, 3.05) is 13.1 Å². The van der Waals surface area contributed by atoms with E-state index in [1.807, 2.05) is 0 Å². The molecular formula is C11H14N2. The highest BCUT2D eigenvalue weighted by Crippen LogP contribution is 2.36. The third kappa shape index (κ3) is 0.985. The lowest BCUT2D eigenvalue weighted by molar-refractivity contribution is 0.628. The molecule has 0 bridgehead atoms. The van der Waals surface area contributed by atoms with Gasteiger partial charge in [-0.3, -0.25) is 0 Å². The van der Waals surface area contributed by atoms with Gasteiger partial charge in [-0.1, -0.05) is 6.08 Å². The van der Waals surface area contributed by atoms with Gasteiger partial charge in [-0.15, -0.1) is 0 Å². The van der Waals surface area contributed by atoms with Crippen LogP contribution in [0.4, 0.5) is 0 Å². The number of H-pyrrole nitrogens is 1. The number of fused-ring (bicyclic) bond motifs is 3. The number of nitrogens with one attached hydrogen (secondary N) is 2. The van der Waals surface area contributed by atoms with Crippen molar-refractivity contribution < 1.29 is 0 Å². The van der Waals surface area contributed by atoms with Crippen molar-refractivity contribution in [3.05, 3.63) is 29.1 Å². The van der Waals surface area contributed by atoms with Crippen LogP contribution in [0, 0.1) is 12.8 Å². The van der Waals surface area contributed by atoms with Crippen LogP contribution in [0.1, 0.15) is 22.9 Å². The Morgan fingerprint density at radius 2 is 2.31 bits per heavy atom. The highest BCUT2D eigenvalue weighted by molar-refractivity contribution is 5.56. The quantitative estimate of drug-likeness (QED) is 0.615. The Hall–Kier alpha value is -1.02. The first-order chi connectivity index (χ1) is 6.34. The summed E-state index contributed by atoms with van der Waals surface area (Å²) in [6.45, 7) is 4.41. The van der Waals surface area contributed by atoms with Crippen LogP contribution in [0.15, 0.2) is 12.1 Å². The van der Waals surface area contributed by atoms with Crippen LogP contribution in [0.25, 0.3) is 6.08 Å². The van der Waals surface area contributed by atoms with Gasteiger partial charge in [0.1, 0.15) is 0 Å². The van der Waals surface area contributed by atoms with Crippen molar-refractivity contribution in [2.45, 2.75) is 12.8 Å². The second-order valence-electron chi connectivity index (χ2n) is 4.11. The lowest BCUT2D eigenvalue weighted by atomic mass is 9.85. The largest absolute Gasteiger partial charge is 0.359 e. The zero-order valence-corrected chi connectivity index (χ0v) is 7.80. The molecule has 2 unspecified atom stereocenters. The summed E-state index contributed by atoms with van der Waals surface area (Å²) in [6.07, 6.45) is 4.57. The molecule has 0 amide bonds. The Morgan fingerprint density at radius 1 is 1.38 bits per heavy atom. The Labute approximate surface area is 78.0 Å². The molecule has 13 heavy (non-hydrogen) atoms. The number of aromatic nitrogens is 1. The highest BCUT2D eigenvalue weighted by atomic mass is 14.9. The molecule has 1 fully saturated rings. The fourth-order valence-corrected chi connectivity index (χ4v) is 2.54. The maximum Gasteiger partial charge on any atom is 0.0415 e. The fourth-order valence-electron chi connectivity index (χ4n) is 2.54. The van der Waals surface area contributed by atoms with E-state index in [2.05, 4.69) is 35.4 Å². The molecule has 2 atom stereocenters. The molecule has 1 aliphatic heterocycles. The smallest absolute Gasteiger partial charge is 0.0415 e. The van der Waals surface area contributed by atoms with Gasteiger partial charge < -0.3 is 10.3 Å². The number of aryl methyl sites for hydroxylation is 1. The summed E-state index contributed by atoms with van der Waals surface area (Å²) in [7, 11) is 0. The summed E-state index contributed by atoms with van der Waals surface area (Å²) in [5.74, 6) is 1.44. The molecule has 0 aromatic carbocycles. The minimum atomic E-state index is 0.713. The van der Waals surface area contributed by atoms with Gasteiger partial charge in [0.2, 0.25) is 0 Å². The Morgan fingerprint density at radius 3 is 3.23 bits per heavy atom. The Bertz CT molecular complexity index is 362. The lowest BCUT2D eigenvalue weighted by Crippen LogP contribution is -2.11.